The summed E-state index contributed by atoms with van der Waals surface area (Å²) in [7, 11) is 0. The third kappa shape index (κ3) is 9.07. The van der Waals surface area contributed by atoms with Crippen LogP contribution in [-0.2, 0) is 35.3 Å². The van der Waals surface area contributed by atoms with Crippen molar-refractivity contribution in [2.45, 2.75) is 64.3 Å². The van der Waals surface area contributed by atoms with E-state index in [4.69, 9.17) is 9.84 Å². The molecule has 1 aliphatic rings. The van der Waals surface area contributed by atoms with Gasteiger partial charge in [0.15, 0.2) is 5.82 Å². The highest BCUT2D eigenvalue weighted by atomic mass is 16.5. The molecule has 2 heterocycles. The number of carboxylic acids is 1. The Labute approximate surface area is 240 Å². The highest BCUT2D eigenvalue weighted by Gasteiger charge is 2.41. The van der Waals surface area contributed by atoms with Gasteiger partial charge in [0.1, 0.15) is 18.2 Å². The van der Waals surface area contributed by atoms with E-state index in [-0.39, 0.29) is 44.1 Å². The van der Waals surface area contributed by atoms with E-state index in [1.165, 1.54) is 4.90 Å². The largest absolute Gasteiger partial charge is 0.481 e. The fraction of sp³-hybridized carbons (Fsp3) is 0.500. The molecule has 42 heavy (non-hydrogen) atoms. The molecule has 4 amide bonds. The number of carboxylic acid groups (broad SMARTS) is 1. The number of nitrogens with zero attached hydrogens (tertiary/aromatic N) is 4. The Morgan fingerprint density at radius 1 is 1.12 bits per heavy atom. The Morgan fingerprint density at radius 2 is 1.86 bits per heavy atom. The second kappa shape index (κ2) is 15.2. The van der Waals surface area contributed by atoms with Gasteiger partial charge >= 0.3 is 11.9 Å². The third-order valence-corrected chi connectivity index (χ3v) is 6.77. The molecule has 0 spiro atoms. The van der Waals surface area contributed by atoms with Crippen LogP contribution in [0.1, 0.15) is 55.7 Å². The normalized spacial score (nSPS) is 17.5. The number of hydrogen-bond acceptors (Lipinski definition) is 10. The minimum absolute atomic E-state index is 0.0193. The first kappa shape index (κ1) is 31.6. The van der Waals surface area contributed by atoms with Gasteiger partial charge in [-0.25, -0.2) is 4.79 Å². The minimum atomic E-state index is -1.14. The predicted octanol–water partition coefficient (Wildman–Crippen LogP) is -0.846. The van der Waals surface area contributed by atoms with Gasteiger partial charge in [-0.3, -0.25) is 24.0 Å². The number of aromatic amines is 1. The second-order valence-corrected chi connectivity index (χ2v) is 9.78. The van der Waals surface area contributed by atoms with Crippen molar-refractivity contribution in [3.05, 3.63) is 41.7 Å². The van der Waals surface area contributed by atoms with Gasteiger partial charge in [0.25, 0.3) is 0 Å². The number of ether oxygens (including phenoxy) is 1. The number of carbonyl (C=O) groups excluding carboxylic acids is 5. The SMILES string of the molecule is CC[C@H](C)[C@H](NC(=O)CCC(=O)O)C(=O)NCC(=O)N1C[C@H](OC(=O)c2ccccc2)CC1C(=O)NCc1nn[nH]n1. The van der Waals surface area contributed by atoms with Crippen LogP contribution in [0.2, 0.25) is 0 Å². The monoisotopic (exact) mass is 586 g/mol. The summed E-state index contributed by atoms with van der Waals surface area (Å²) < 4.78 is 5.57. The molecule has 5 N–H and O–H groups in total. The van der Waals surface area contributed by atoms with Crippen LogP contribution in [0.25, 0.3) is 0 Å². The topological polar surface area (TPSA) is 226 Å². The first-order valence-corrected chi connectivity index (χ1v) is 13.4. The molecule has 1 unspecified atom stereocenters. The molecule has 1 aromatic heterocycles. The van der Waals surface area contributed by atoms with Gasteiger partial charge in [0.05, 0.1) is 31.6 Å². The summed E-state index contributed by atoms with van der Waals surface area (Å²) in [6, 6.07) is 6.25. The van der Waals surface area contributed by atoms with Gasteiger partial charge in [-0.1, -0.05) is 43.7 Å². The fourth-order valence-electron chi connectivity index (χ4n) is 4.28. The first-order valence-electron chi connectivity index (χ1n) is 13.4. The van der Waals surface area contributed by atoms with Crippen molar-refractivity contribution in [1.29, 1.82) is 0 Å². The van der Waals surface area contributed by atoms with Gasteiger partial charge < -0.3 is 30.7 Å². The van der Waals surface area contributed by atoms with Gasteiger partial charge in [-0.05, 0) is 18.1 Å². The van der Waals surface area contributed by atoms with Crippen LogP contribution in [0.4, 0.5) is 0 Å². The molecule has 0 aliphatic carbocycles. The Kier molecular flexibility index (Phi) is 11.5. The molecule has 0 bridgehead atoms. The summed E-state index contributed by atoms with van der Waals surface area (Å²) in [6.07, 6.45) is -0.939. The number of hydrogen-bond donors (Lipinski definition) is 5. The average Bonchev–Trinajstić information content (AvgIpc) is 3.66. The van der Waals surface area contributed by atoms with Gasteiger partial charge in [-0.15, -0.1) is 10.2 Å². The third-order valence-electron chi connectivity index (χ3n) is 6.77. The molecule has 0 radical (unpaired) electrons. The lowest BCUT2D eigenvalue weighted by molar-refractivity contribution is -0.140. The highest BCUT2D eigenvalue weighted by Crippen LogP contribution is 2.22. The Balaban J connectivity index is 1.66. The lowest BCUT2D eigenvalue weighted by Crippen LogP contribution is -2.53. The van der Waals surface area contributed by atoms with E-state index in [1.807, 2.05) is 6.92 Å². The fourth-order valence-corrected chi connectivity index (χ4v) is 4.28. The van der Waals surface area contributed by atoms with Crippen LogP contribution >= 0.6 is 0 Å². The smallest absolute Gasteiger partial charge is 0.338 e. The lowest BCUT2D eigenvalue weighted by Gasteiger charge is -2.26. The molecule has 1 aromatic carbocycles. The number of H-pyrrole nitrogens is 1. The first-order chi connectivity index (χ1) is 20.1. The van der Waals surface area contributed by atoms with Gasteiger partial charge in [0.2, 0.25) is 23.6 Å². The van der Waals surface area contributed by atoms with Crippen molar-refractivity contribution >= 4 is 35.6 Å². The highest BCUT2D eigenvalue weighted by molar-refractivity contribution is 5.94. The average molecular weight is 587 g/mol. The summed E-state index contributed by atoms with van der Waals surface area (Å²) in [4.78, 5) is 76.1. The van der Waals surface area contributed by atoms with Crippen LogP contribution in [0, 0.1) is 5.92 Å². The Morgan fingerprint density at radius 3 is 2.50 bits per heavy atom. The molecule has 4 atom stereocenters. The zero-order chi connectivity index (χ0) is 30.6. The molecule has 0 saturated carbocycles. The summed E-state index contributed by atoms with van der Waals surface area (Å²) in [5, 5.41) is 29.7. The molecular formula is C26H34N8O8. The molecule has 16 nitrogen and oxygen atoms in total. The quantitative estimate of drug-likeness (QED) is 0.171. The van der Waals surface area contributed by atoms with E-state index in [0.717, 1.165) is 0 Å². The number of likely N-dealkylation sites (tertiary alicyclic amines) is 1. The van der Waals surface area contributed by atoms with E-state index >= 15 is 0 Å². The minimum Gasteiger partial charge on any atom is -0.481 e. The summed E-state index contributed by atoms with van der Waals surface area (Å²) in [5.41, 5.74) is 0.314. The lowest BCUT2D eigenvalue weighted by atomic mass is 9.98. The second-order valence-electron chi connectivity index (χ2n) is 9.78. The van der Waals surface area contributed by atoms with Gasteiger partial charge in [0, 0.05) is 12.8 Å². The summed E-state index contributed by atoms with van der Waals surface area (Å²) in [6.45, 7) is 2.91. The maximum Gasteiger partial charge on any atom is 0.338 e. The van der Waals surface area contributed by atoms with Crippen molar-refractivity contribution in [2.24, 2.45) is 5.92 Å². The van der Waals surface area contributed by atoms with E-state index in [2.05, 4.69) is 36.6 Å². The Bertz CT molecular complexity index is 1260. The van der Waals surface area contributed by atoms with E-state index in [1.54, 1.807) is 37.3 Å². The number of tetrazole rings is 1. The zero-order valence-corrected chi connectivity index (χ0v) is 23.2. The maximum absolute atomic E-state index is 13.3. The number of rotatable bonds is 14. The number of amides is 4. The van der Waals surface area contributed by atoms with E-state index in [9.17, 15) is 28.8 Å². The van der Waals surface area contributed by atoms with Crippen LogP contribution in [0.3, 0.4) is 0 Å². The number of aromatic nitrogens is 4. The molecular weight excluding hydrogens is 552 g/mol. The van der Waals surface area contributed by atoms with Crippen LogP contribution in [0.15, 0.2) is 30.3 Å². The predicted molar refractivity (Wildman–Crippen MR) is 143 cm³/mol. The zero-order valence-electron chi connectivity index (χ0n) is 23.2. The molecule has 1 aliphatic heterocycles. The Hall–Kier alpha value is -4.89. The van der Waals surface area contributed by atoms with Crippen molar-refractivity contribution < 1.29 is 38.6 Å². The number of esters is 1. The number of carbonyl (C=O) groups is 6. The standard InChI is InChI=1S/C26H34N8O8/c1-3-15(2)23(29-20(35)9-10-22(37)38)25(40)28-13-21(36)34-14-17(42-26(41)16-7-5-4-6-8-16)11-18(34)24(39)27-12-19-30-32-33-31-19/h4-8,15,17-18,23H,3,9-14H2,1-2H3,(H,27,39)(H,28,40)(H,29,35)(H,37,38)(H,30,31,32,33)/t15-,17+,18?,23-/m0/s1. The number of nitrogens with one attached hydrogen (secondary N) is 4. The molecule has 3 rings (SSSR count). The van der Waals surface area contributed by atoms with E-state index < -0.39 is 60.3 Å². The van der Waals surface area contributed by atoms with Gasteiger partial charge in [-0.2, -0.15) is 5.21 Å². The summed E-state index contributed by atoms with van der Waals surface area (Å²) in [5.74, 6) is -4.23. The molecule has 2 aromatic rings. The number of aliphatic carboxylic acids is 1. The van der Waals surface area contributed by atoms with Crippen molar-refractivity contribution in [1.82, 2.24) is 41.5 Å². The van der Waals surface area contributed by atoms with Crippen molar-refractivity contribution in [2.75, 3.05) is 13.1 Å². The molecule has 1 saturated heterocycles. The van der Waals surface area contributed by atoms with Crippen LogP contribution in [0.5, 0.6) is 0 Å². The van der Waals surface area contributed by atoms with Crippen LogP contribution < -0.4 is 16.0 Å². The number of benzene rings is 1. The summed E-state index contributed by atoms with van der Waals surface area (Å²) >= 11 is 0. The molecule has 226 valence electrons. The molecule has 1 fully saturated rings. The van der Waals surface area contributed by atoms with Crippen LogP contribution in [-0.4, -0.2) is 97.5 Å². The van der Waals surface area contributed by atoms with Crippen molar-refractivity contribution in [3.8, 4) is 0 Å². The maximum atomic E-state index is 13.3. The van der Waals surface area contributed by atoms with Crippen molar-refractivity contribution in [3.63, 3.8) is 0 Å². The molecule has 16 heteroatoms. The van der Waals surface area contributed by atoms with E-state index in [0.29, 0.717) is 12.0 Å².